The van der Waals surface area contributed by atoms with E-state index in [1.165, 1.54) is 0 Å². The van der Waals surface area contributed by atoms with Gasteiger partial charge in [-0.25, -0.2) is 14.1 Å². The van der Waals surface area contributed by atoms with Gasteiger partial charge in [0.1, 0.15) is 0 Å². The molecule has 0 saturated carbocycles. The third kappa shape index (κ3) is 5.94. The minimum absolute atomic E-state index is 0.166. The number of hydrogen-bond donors (Lipinski definition) is 1. The molecular weight excluding hydrogens is 383 g/mol. The van der Waals surface area contributed by atoms with Gasteiger partial charge in [-0.15, -0.1) is 0 Å². The molecule has 10 heteroatoms. The second kappa shape index (κ2) is 10.3. The second-order valence-electron chi connectivity index (χ2n) is 4.68. The summed E-state index contributed by atoms with van der Waals surface area (Å²) in [4.78, 5) is 11.9. The minimum Gasteiger partial charge on any atom is -0.450 e. The van der Waals surface area contributed by atoms with Crippen LogP contribution in [0.15, 0.2) is 0 Å². The normalized spacial score (nSPS) is 14.2. The Labute approximate surface area is 154 Å². The van der Waals surface area contributed by atoms with Crippen molar-refractivity contribution in [3.05, 3.63) is 0 Å². The first-order chi connectivity index (χ1) is 10.6. The second-order valence-corrected chi connectivity index (χ2v) is 9.87. The summed E-state index contributed by atoms with van der Waals surface area (Å²) in [6, 6.07) is 0. The maximum absolute atomic E-state index is 14.0. The highest BCUT2D eigenvalue weighted by Gasteiger charge is 2.52. The highest BCUT2D eigenvalue weighted by Crippen LogP contribution is 2.61. The van der Waals surface area contributed by atoms with Gasteiger partial charge in [-0.2, -0.15) is 0 Å². The molecule has 23 heavy (non-hydrogen) atoms. The largest absolute Gasteiger partial charge is 0.450 e. The lowest BCUT2D eigenvalue weighted by molar-refractivity contribution is 0.150. The van der Waals surface area contributed by atoms with Gasteiger partial charge in [0.05, 0.1) is 6.61 Å². The molecule has 1 atom stereocenters. The Bertz CT molecular complexity index is 397. The van der Waals surface area contributed by atoms with Crippen molar-refractivity contribution in [3.63, 3.8) is 0 Å². The van der Waals surface area contributed by atoms with Crippen LogP contribution in [-0.4, -0.2) is 57.8 Å². The Morgan fingerprint density at radius 2 is 1.43 bits per heavy atom. The number of nitrogens with one attached hydrogen (secondary N) is 1. The van der Waals surface area contributed by atoms with E-state index in [0.29, 0.717) is 26.2 Å². The Hall–Kier alpha value is 0.290. The average Bonchev–Trinajstić information content (AvgIpc) is 2.46. The number of nitrogens with zero attached hydrogens (tertiary/aromatic N) is 2. The van der Waals surface area contributed by atoms with E-state index in [0.717, 1.165) is 0 Å². The molecular formula is C13H27Cl3N3O3P. The van der Waals surface area contributed by atoms with Gasteiger partial charge in [-0.1, -0.05) is 62.5 Å². The average molecular weight is 411 g/mol. The van der Waals surface area contributed by atoms with E-state index in [2.05, 4.69) is 5.32 Å². The summed E-state index contributed by atoms with van der Waals surface area (Å²) in [6.07, 6.45) is -0.761. The fourth-order valence-corrected chi connectivity index (χ4v) is 7.00. The van der Waals surface area contributed by atoms with Crippen molar-refractivity contribution < 1.29 is 14.1 Å². The molecule has 0 bridgehead atoms. The van der Waals surface area contributed by atoms with Crippen molar-refractivity contribution in [2.45, 2.75) is 44.2 Å². The SMILES string of the molecule is CCOC(=O)NC(C(Cl)(Cl)Cl)P(=O)(N(CC)CC)N(CC)CC. The lowest BCUT2D eigenvalue weighted by Gasteiger charge is -2.44. The van der Waals surface area contributed by atoms with E-state index in [9.17, 15) is 9.36 Å². The van der Waals surface area contributed by atoms with Crippen LogP contribution in [0.5, 0.6) is 0 Å². The van der Waals surface area contributed by atoms with Crippen LogP contribution in [0.3, 0.4) is 0 Å². The van der Waals surface area contributed by atoms with Crippen LogP contribution in [0.1, 0.15) is 34.6 Å². The van der Waals surface area contributed by atoms with Crippen molar-refractivity contribution >= 4 is 48.3 Å². The number of rotatable bonds is 9. The van der Waals surface area contributed by atoms with Crippen molar-refractivity contribution in [3.8, 4) is 0 Å². The number of alkyl halides is 3. The molecule has 0 aliphatic rings. The van der Waals surface area contributed by atoms with E-state index in [4.69, 9.17) is 39.5 Å². The molecule has 0 aromatic carbocycles. The molecule has 0 radical (unpaired) electrons. The van der Waals surface area contributed by atoms with Crippen LogP contribution in [-0.2, 0) is 9.30 Å². The predicted molar refractivity (Wildman–Crippen MR) is 97.7 cm³/mol. The lowest BCUT2D eigenvalue weighted by Crippen LogP contribution is -2.51. The predicted octanol–water partition coefficient (Wildman–Crippen LogP) is 4.31. The maximum atomic E-state index is 14.0. The molecule has 0 saturated heterocycles. The summed E-state index contributed by atoms with van der Waals surface area (Å²) in [5, 5.41) is 2.49. The van der Waals surface area contributed by atoms with Gasteiger partial charge in [-0.05, 0) is 6.92 Å². The molecule has 0 fully saturated rings. The molecule has 0 aromatic heterocycles. The van der Waals surface area contributed by atoms with Gasteiger partial charge in [0.25, 0.3) is 0 Å². The number of alkyl carbamates (subject to hydrolysis) is 1. The molecule has 6 nitrogen and oxygen atoms in total. The van der Waals surface area contributed by atoms with Gasteiger partial charge >= 0.3 is 6.09 Å². The smallest absolute Gasteiger partial charge is 0.407 e. The number of amides is 1. The molecule has 0 rings (SSSR count). The fraction of sp³-hybridized carbons (Fsp3) is 0.923. The van der Waals surface area contributed by atoms with E-state index in [-0.39, 0.29) is 6.61 Å². The topological polar surface area (TPSA) is 61.9 Å². The molecule has 0 aromatic rings. The van der Waals surface area contributed by atoms with Crippen LogP contribution in [0.2, 0.25) is 0 Å². The zero-order valence-electron chi connectivity index (χ0n) is 14.3. The number of hydrogen-bond acceptors (Lipinski definition) is 3. The van der Waals surface area contributed by atoms with Gasteiger partial charge in [0.15, 0.2) is 5.78 Å². The fourth-order valence-electron chi connectivity index (χ4n) is 2.40. The monoisotopic (exact) mass is 409 g/mol. The van der Waals surface area contributed by atoms with Crippen molar-refractivity contribution in [1.82, 2.24) is 14.7 Å². The van der Waals surface area contributed by atoms with Crippen LogP contribution in [0, 0.1) is 0 Å². The maximum Gasteiger partial charge on any atom is 0.407 e. The number of halogens is 3. The van der Waals surface area contributed by atoms with Crippen LogP contribution in [0.4, 0.5) is 4.79 Å². The third-order valence-corrected chi connectivity index (χ3v) is 8.50. The zero-order valence-corrected chi connectivity index (χ0v) is 17.5. The molecule has 0 heterocycles. The summed E-state index contributed by atoms with van der Waals surface area (Å²) in [6.45, 7) is 11.3. The van der Waals surface area contributed by atoms with E-state index >= 15 is 0 Å². The lowest BCUT2D eigenvalue weighted by atomic mass is 10.7. The van der Waals surface area contributed by atoms with Crippen LogP contribution in [0.25, 0.3) is 0 Å². The zero-order chi connectivity index (χ0) is 18.3. The Morgan fingerprint density at radius 1 is 1.04 bits per heavy atom. The summed E-state index contributed by atoms with van der Waals surface area (Å²) in [7, 11) is -3.39. The van der Waals surface area contributed by atoms with E-state index in [1.807, 2.05) is 27.7 Å². The number of carbonyl (C=O) groups is 1. The number of ether oxygens (including phenoxy) is 1. The van der Waals surface area contributed by atoms with Crippen LogP contribution < -0.4 is 5.32 Å². The summed E-state index contributed by atoms with van der Waals surface area (Å²) in [5.74, 6) is -1.21. The van der Waals surface area contributed by atoms with Crippen molar-refractivity contribution in [2.75, 3.05) is 32.8 Å². The van der Waals surface area contributed by atoms with Gasteiger partial charge in [-0.3, -0.25) is 4.57 Å². The first-order valence-corrected chi connectivity index (χ1v) is 10.5. The van der Waals surface area contributed by atoms with Crippen molar-refractivity contribution in [2.24, 2.45) is 0 Å². The Balaban J connectivity index is 6.01. The summed E-state index contributed by atoms with van der Waals surface area (Å²) >= 11 is 18.2. The minimum atomic E-state index is -3.39. The molecule has 138 valence electrons. The molecule has 0 aliphatic heterocycles. The first-order valence-electron chi connectivity index (χ1n) is 7.73. The highest BCUT2D eigenvalue weighted by molar-refractivity contribution is 7.60. The molecule has 1 amide bonds. The molecule has 1 unspecified atom stereocenters. The Morgan fingerprint density at radius 3 is 1.70 bits per heavy atom. The summed E-state index contributed by atoms with van der Waals surface area (Å²) < 4.78 is 20.3. The molecule has 0 aliphatic carbocycles. The highest BCUT2D eigenvalue weighted by atomic mass is 35.6. The third-order valence-electron chi connectivity index (χ3n) is 3.45. The number of carbonyl (C=O) groups excluding carboxylic acids is 1. The van der Waals surface area contributed by atoms with E-state index < -0.39 is 23.1 Å². The van der Waals surface area contributed by atoms with Gasteiger partial charge in [0, 0.05) is 26.2 Å². The van der Waals surface area contributed by atoms with Gasteiger partial charge < -0.3 is 10.1 Å². The first kappa shape index (κ1) is 23.3. The quantitative estimate of drug-likeness (QED) is 0.453. The van der Waals surface area contributed by atoms with Crippen molar-refractivity contribution in [1.29, 1.82) is 0 Å². The summed E-state index contributed by atoms with van der Waals surface area (Å²) in [5.41, 5.74) is 0. The van der Waals surface area contributed by atoms with Crippen LogP contribution >= 0.6 is 42.2 Å². The van der Waals surface area contributed by atoms with Gasteiger partial charge in [0.2, 0.25) is 11.2 Å². The standard InChI is InChI=1S/C13H27Cl3N3O3P/c1-6-18(7-2)23(21,19(8-3)9-4)11(13(14,15)16)17-12(20)22-10-5/h11H,6-10H2,1-5H3,(H,17,20). The Kier molecular flexibility index (Phi) is 10.4. The molecule has 0 spiro atoms. The molecule has 1 N–H and O–H groups in total. The van der Waals surface area contributed by atoms with E-state index in [1.54, 1.807) is 16.3 Å².